The van der Waals surface area contributed by atoms with Crippen molar-refractivity contribution in [1.29, 1.82) is 0 Å². The summed E-state index contributed by atoms with van der Waals surface area (Å²) in [6.07, 6.45) is 0.927. The molecule has 1 nitrogen and oxygen atoms in total. The van der Waals surface area contributed by atoms with Gasteiger partial charge in [0.2, 0.25) is 0 Å². The summed E-state index contributed by atoms with van der Waals surface area (Å²) in [6, 6.07) is 6.58. The zero-order valence-electron chi connectivity index (χ0n) is 11.5. The lowest BCUT2D eigenvalue weighted by atomic mass is 10.0. The molecule has 0 saturated heterocycles. The first-order chi connectivity index (χ1) is 10.0. The Balaban J connectivity index is 2.41. The maximum atomic E-state index is 14.1. The van der Waals surface area contributed by atoms with Crippen LogP contribution in [0.15, 0.2) is 34.8 Å². The first-order valence-corrected chi connectivity index (χ1v) is 7.47. The van der Waals surface area contributed by atoms with Crippen LogP contribution < -0.4 is 5.32 Å². The molecule has 2 aromatic carbocycles. The Morgan fingerprint density at radius 3 is 2.48 bits per heavy atom. The summed E-state index contributed by atoms with van der Waals surface area (Å²) < 4.78 is 41.9. The summed E-state index contributed by atoms with van der Waals surface area (Å²) in [5.74, 6) is -1.75. The molecular formula is C16H15BrF3N. The van der Waals surface area contributed by atoms with Gasteiger partial charge in [-0.2, -0.15) is 0 Å². The van der Waals surface area contributed by atoms with Crippen molar-refractivity contribution in [3.63, 3.8) is 0 Å². The van der Waals surface area contributed by atoms with Gasteiger partial charge in [-0.05, 0) is 58.7 Å². The van der Waals surface area contributed by atoms with Crippen LogP contribution in [0, 0.1) is 17.5 Å². The third kappa shape index (κ3) is 3.66. The van der Waals surface area contributed by atoms with E-state index < -0.39 is 17.5 Å². The van der Waals surface area contributed by atoms with Gasteiger partial charge in [-0.1, -0.05) is 13.0 Å². The van der Waals surface area contributed by atoms with Crippen molar-refractivity contribution in [2.24, 2.45) is 0 Å². The van der Waals surface area contributed by atoms with E-state index in [-0.39, 0.29) is 10.0 Å². The second-order valence-electron chi connectivity index (χ2n) is 4.70. The van der Waals surface area contributed by atoms with Gasteiger partial charge in [0.25, 0.3) is 0 Å². The molecule has 0 heterocycles. The minimum Gasteiger partial charge on any atom is -0.313 e. The van der Waals surface area contributed by atoms with Gasteiger partial charge >= 0.3 is 0 Å². The normalized spacial score (nSPS) is 10.9. The first kappa shape index (κ1) is 16.0. The van der Waals surface area contributed by atoms with E-state index in [1.807, 2.05) is 6.92 Å². The average Bonchev–Trinajstić information content (AvgIpc) is 2.46. The zero-order chi connectivity index (χ0) is 15.4. The zero-order valence-corrected chi connectivity index (χ0v) is 13.1. The first-order valence-electron chi connectivity index (χ1n) is 6.67. The molecule has 5 heteroatoms. The van der Waals surface area contributed by atoms with Crippen LogP contribution in [-0.4, -0.2) is 6.54 Å². The lowest BCUT2D eigenvalue weighted by Crippen LogP contribution is -2.14. The van der Waals surface area contributed by atoms with E-state index >= 15 is 0 Å². The highest BCUT2D eigenvalue weighted by atomic mass is 79.9. The number of hydrogen-bond donors (Lipinski definition) is 1. The molecule has 0 bridgehead atoms. The monoisotopic (exact) mass is 357 g/mol. The van der Waals surface area contributed by atoms with Crippen LogP contribution in [0.2, 0.25) is 0 Å². The SMILES string of the molecule is CCCNCc1cc(-c2c(F)ccc(Br)c2F)ccc1F. The van der Waals surface area contributed by atoms with Crippen LogP contribution in [0.1, 0.15) is 18.9 Å². The summed E-state index contributed by atoms with van der Waals surface area (Å²) in [5, 5.41) is 3.07. The van der Waals surface area contributed by atoms with Gasteiger partial charge in [0.05, 0.1) is 10.0 Å². The molecule has 0 aliphatic rings. The highest BCUT2D eigenvalue weighted by molar-refractivity contribution is 9.10. The molecule has 112 valence electrons. The Morgan fingerprint density at radius 1 is 1.05 bits per heavy atom. The van der Waals surface area contributed by atoms with Gasteiger partial charge in [-0.25, -0.2) is 13.2 Å². The fourth-order valence-corrected chi connectivity index (χ4v) is 2.39. The van der Waals surface area contributed by atoms with Crippen molar-refractivity contribution < 1.29 is 13.2 Å². The maximum Gasteiger partial charge on any atom is 0.148 e. The molecule has 1 N–H and O–H groups in total. The molecule has 0 unspecified atom stereocenters. The summed E-state index contributed by atoms with van der Waals surface area (Å²) in [5.41, 5.74) is 0.557. The van der Waals surface area contributed by atoms with Crippen molar-refractivity contribution in [3.8, 4) is 11.1 Å². The lowest BCUT2D eigenvalue weighted by molar-refractivity contribution is 0.580. The van der Waals surface area contributed by atoms with E-state index in [2.05, 4.69) is 21.2 Å². The van der Waals surface area contributed by atoms with Gasteiger partial charge in [-0.15, -0.1) is 0 Å². The Labute approximate surface area is 130 Å². The van der Waals surface area contributed by atoms with Gasteiger partial charge in [0.1, 0.15) is 17.5 Å². The fraction of sp³-hybridized carbons (Fsp3) is 0.250. The number of hydrogen-bond acceptors (Lipinski definition) is 1. The summed E-state index contributed by atoms with van der Waals surface area (Å²) in [7, 11) is 0. The minimum absolute atomic E-state index is 0.152. The molecule has 0 atom stereocenters. The number of halogens is 4. The minimum atomic E-state index is -0.686. The summed E-state index contributed by atoms with van der Waals surface area (Å²) in [4.78, 5) is 0. The van der Waals surface area contributed by atoms with Crippen LogP contribution in [0.3, 0.4) is 0 Å². The third-order valence-corrected chi connectivity index (χ3v) is 3.73. The van der Waals surface area contributed by atoms with E-state index in [0.29, 0.717) is 17.7 Å². The maximum absolute atomic E-state index is 14.1. The van der Waals surface area contributed by atoms with E-state index in [0.717, 1.165) is 13.0 Å². The smallest absolute Gasteiger partial charge is 0.148 e. The molecule has 2 rings (SSSR count). The molecule has 0 radical (unpaired) electrons. The van der Waals surface area contributed by atoms with E-state index in [1.54, 1.807) is 0 Å². The topological polar surface area (TPSA) is 12.0 Å². The molecule has 0 spiro atoms. The van der Waals surface area contributed by atoms with Crippen LogP contribution in [0.5, 0.6) is 0 Å². The van der Waals surface area contributed by atoms with Crippen LogP contribution in [0.25, 0.3) is 11.1 Å². The Bertz CT molecular complexity index is 644. The molecule has 0 aromatic heterocycles. The highest BCUT2D eigenvalue weighted by Gasteiger charge is 2.15. The van der Waals surface area contributed by atoms with Crippen molar-refractivity contribution in [3.05, 3.63) is 57.8 Å². The molecule has 0 aliphatic heterocycles. The van der Waals surface area contributed by atoms with Gasteiger partial charge in [-0.3, -0.25) is 0 Å². The van der Waals surface area contributed by atoms with Crippen molar-refractivity contribution in [2.75, 3.05) is 6.54 Å². The molecule has 21 heavy (non-hydrogen) atoms. The second kappa shape index (κ2) is 7.09. The van der Waals surface area contributed by atoms with E-state index in [4.69, 9.17) is 0 Å². The van der Waals surface area contributed by atoms with E-state index in [1.165, 1.54) is 30.3 Å². The number of nitrogens with one attached hydrogen (secondary N) is 1. The lowest BCUT2D eigenvalue weighted by Gasteiger charge is -2.10. The van der Waals surface area contributed by atoms with Crippen molar-refractivity contribution in [1.82, 2.24) is 5.32 Å². The molecule has 0 amide bonds. The fourth-order valence-electron chi connectivity index (χ4n) is 2.06. The molecule has 0 saturated carbocycles. The Kier molecular flexibility index (Phi) is 5.42. The third-order valence-electron chi connectivity index (χ3n) is 3.12. The Hall–Kier alpha value is -1.33. The van der Waals surface area contributed by atoms with Crippen LogP contribution in [-0.2, 0) is 6.54 Å². The van der Waals surface area contributed by atoms with Crippen LogP contribution in [0.4, 0.5) is 13.2 Å². The standard InChI is InChI=1S/C16H15BrF3N/c1-2-7-21-9-11-8-10(3-5-13(11)18)15-14(19)6-4-12(17)16(15)20/h3-6,8,21H,2,7,9H2,1H3. The Morgan fingerprint density at radius 2 is 1.76 bits per heavy atom. The van der Waals surface area contributed by atoms with E-state index in [9.17, 15) is 13.2 Å². The quantitative estimate of drug-likeness (QED) is 0.584. The predicted octanol–water partition coefficient (Wildman–Crippen LogP) is 5.03. The molecule has 2 aromatic rings. The van der Waals surface area contributed by atoms with Crippen molar-refractivity contribution in [2.45, 2.75) is 19.9 Å². The second-order valence-corrected chi connectivity index (χ2v) is 5.56. The van der Waals surface area contributed by atoms with Gasteiger partial charge < -0.3 is 5.32 Å². The largest absolute Gasteiger partial charge is 0.313 e. The summed E-state index contributed by atoms with van der Waals surface area (Å²) in [6.45, 7) is 3.08. The number of benzene rings is 2. The molecule has 0 aliphatic carbocycles. The predicted molar refractivity (Wildman–Crippen MR) is 81.4 cm³/mol. The average molecular weight is 358 g/mol. The van der Waals surface area contributed by atoms with Gasteiger partial charge in [0, 0.05) is 12.1 Å². The van der Waals surface area contributed by atoms with Gasteiger partial charge in [0.15, 0.2) is 0 Å². The molecule has 0 fully saturated rings. The molecular weight excluding hydrogens is 343 g/mol. The number of rotatable bonds is 5. The highest BCUT2D eigenvalue weighted by Crippen LogP contribution is 2.31. The van der Waals surface area contributed by atoms with Crippen molar-refractivity contribution >= 4 is 15.9 Å². The summed E-state index contributed by atoms with van der Waals surface area (Å²) >= 11 is 3.03. The van der Waals surface area contributed by atoms with Crippen LogP contribution >= 0.6 is 15.9 Å².